The van der Waals surface area contributed by atoms with Gasteiger partial charge in [0.25, 0.3) is 5.91 Å². The van der Waals surface area contributed by atoms with Crippen LogP contribution in [-0.2, 0) is 4.74 Å². The van der Waals surface area contributed by atoms with E-state index in [1.807, 2.05) is 4.90 Å². The molecule has 0 saturated carbocycles. The second-order valence-corrected chi connectivity index (χ2v) is 7.40. The van der Waals surface area contributed by atoms with Gasteiger partial charge in [0.15, 0.2) is 0 Å². The van der Waals surface area contributed by atoms with Gasteiger partial charge in [-0.2, -0.15) is 0 Å². The zero-order chi connectivity index (χ0) is 15.3. The molecule has 1 aliphatic rings. The number of aliphatic hydroxyl groups is 1. The number of hydrogen-bond acceptors (Lipinski definition) is 4. The average Bonchev–Trinajstić information content (AvgIpc) is 2.93. The van der Waals surface area contributed by atoms with Gasteiger partial charge in [0.05, 0.1) is 15.8 Å². The summed E-state index contributed by atoms with van der Waals surface area (Å²) < 4.78 is 5.72. The van der Waals surface area contributed by atoms with Crippen molar-refractivity contribution in [3.05, 3.63) is 21.3 Å². The third-order valence-electron chi connectivity index (χ3n) is 4.12. The van der Waals surface area contributed by atoms with E-state index in [2.05, 4.69) is 0 Å². The van der Waals surface area contributed by atoms with Crippen LogP contribution in [-0.4, -0.2) is 49.3 Å². The van der Waals surface area contributed by atoms with E-state index in [1.165, 1.54) is 11.3 Å². The van der Waals surface area contributed by atoms with Gasteiger partial charge in [-0.15, -0.1) is 11.3 Å². The molecule has 1 aliphatic heterocycles. The molecule has 0 spiro atoms. The number of ether oxygens (including phenoxy) is 1. The van der Waals surface area contributed by atoms with Crippen molar-refractivity contribution in [3.8, 4) is 0 Å². The Morgan fingerprint density at radius 1 is 1.57 bits per heavy atom. The number of amides is 1. The van der Waals surface area contributed by atoms with Crippen LogP contribution in [0, 0.1) is 5.41 Å². The average molecular weight is 332 g/mol. The van der Waals surface area contributed by atoms with Crippen LogP contribution < -0.4 is 0 Å². The van der Waals surface area contributed by atoms with Crippen molar-refractivity contribution in [2.24, 2.45) is 5.41 Å². The number of halogens is 1. The fourth-order valence-electron chi connectivity index (χ4n) is 2.97. The van der Waals surface area contributed by atoms with Crippen LogP contribution in [0.3, 0.4) is 0 Å². The predicted molar refractivity (Wildman–Crippen MR) is 85.1 cm³/mol. The molecule has 1 aromatic rings. The first-order valence-corrected chi connectivity index (χ1v) is 8.44. The molecule has 0 unspecified atom stereocenters. The fourth-order valence-corrected chi connectivity index (χ4v) is 3.98. The summed E-state index contributed by atoms with van der Waals surface area (Å²) in [6, 6.07) is 3.52. The number of rotatable bonds is 6. The van der Waals surface area contributed by atoms with E-state index in [4.69, 9.17) is 16.3 Å². The molecule has 0 aromatic carbocycles. The molecular weight excluding hydrogens is 310 g/mol. The number of carbonyl (C=O) groups excluding carboxylic acids is 1. The maximum absolute atomic E-state index is 12.5. The number of likely N-dealkylation sites (tertiary alicyclic amines) is 1. The van der Waals surface area contributed by atoms with Gasteiger partial charge in [-0.05, 0) is 37.8 Å². The minimum absolute atomic E-state index is 0.0242. The van der Waals surface area contributed by atoms with Crippen molar-refractivity contribution < 1.29 is 14.6 Å². The molecule has 118 valence electrons. The molecule has 2 heterocycles. The summed E-state index contributed by atoms with van der Waals surface area (Å²) >= 11 is 7.22. The van der Waals surface area contributed by atoms with Crippen molar-refractivity contribution in [2.75, 3.05) is 33.4 Å². The van der Waals surface area contributed by atoms with Crippen LogP contribution in [0.1, 0.15) is 35.4 Å². The topological polar surface area (TPSA) is 49.8 Å². The number of methoxy groups -OCH3 is 1. The van der Waals surface area contributed by atoms with Crippen molar-refractivity contribution in [1.29, 1.82) is 0 Å². The molecule has 4 nitrogen and oxygen atoms in total. The Hall–Kier alpha value is -0.620. The Balaban J connectivity index is 2.02. The minimum Gasteiger partial charge on any atom is -0.396 e. The van der Waals surface area contributed by atoms with Gasteiger partial charge < -0.3 is 14.7 Å². The summed E-state index contributed by atoms with van der Waals surface area (Å²) in [4.78, 5) is 15.0. The van der Waals surface area contributed by atoms with E-state index >= 15 is 0 Å². The standard InChI is InChI=1S/C15H22ClNO3S/c1-20-9-3-7-15(11-18)6-2-8-17(10-15)14(19)12-4-5-13(16)21-12/h4-5,18H,2-3,6-11H2,1H3/t15-/m1/s1. The van der Waals surface area contributed by atoms with Crippen LogP contribution in [0.15, 0.2) is 12.1 Å². The zero-order valence-electron chi connectivity index (χ0n) is 12.3. The summed E-state index contributed by atoms with van der Waals surface area (Å²) in [5, 5.41) is 9.82. The fraction of sp³-hybridized carbons (Fsp3) is 0.667. The van der Waals surface area contributed by atoms with Crippen LogP contribution in [0.2, 0.25) is 4.34 Å². The molecule has 0 radical (unpaired) electrons. The first kappa shape index (κ1) is 16.7. The van der Waals surface area contributed by atoms with E-state index in [0.29, 0.717) is 22.4 Å². The number of carbonyl (C=O) groups is 1. The Morgan fingerprint density at radius 2 is 2.38 bits per heavy atom. The van der Waals surface area contributed by atoms with Crippen LogP contribution in [0.25, 0.3) is 0 Å². The quantitative estimate of drug-likeness (QED) is 0.815. The molecule has 1 saturated heterocycles. The van der Waals surface area contributed by atoms with Gasteiger partial charge in [0.1, 0.15) is 0 Å². The summed E-state index contributed by atoms with van der Waals surface area (Å²) in [6.45, 7) is 2.17. The highest BCUT2D eigenvalue weighted by atomic mass is 35.5. The minimum atomic E-state index is -0.187. The number of thiophene rings is 1. The molecule has 6 heteroatoms. The third kappa shape index (κ3) is 4.19. The monoisotopic (exact) mass is 331 g/mol. The highest BCUT2D eigenvalue weighted by Crippen LogP contribution is 2.35. The summed E-state index contributed by atoms with van der Waals surface area (Å²) in [6.07, 6.45) is 3.68. The van der Waals surface area contributed by atoms with E-state index in [9.17, 15) is 9.90 Å². The maximum atomic E-state index is 12.5. The first-order valence-electron chi connectivity index (χ1n) is 7.25. The number of piperidine rings is 1. The lowest BCUT2D eigenvalue weighted by molar-refractivity contribution is 0.0183. The van der Waals surface area contributed by atoms with Crippen molar-refractivity contribution >= 4 is 28.8 Å². The lowest BCUT2D eigenvalue weighted by Gasteiger charge is -2.42. The van der Waals surface area contributed by atoms with Gasteiger partial charge in [0, 0.05) is 32.2 Å². The summed E-state index contributed by atoms with van der Waals surface area (Å²) in [5.41, 5.74) is -0.187. The molecule has 1 N–H and O–H groups in total. The van der Waals surface area contributed by atoms with Gasteiger partial charge in [-0.1, -0.05) is 11.6 Å². The maximum Gasteiger partial charge on any atom is 0.263 e. The normalized spacial score (nSPS) is 22.5. The Labute approximate surface area is 134 Å². The van der Waals surface area contributed by atoms with Gasteiger partial charge in [-0.25, -0.2) is 0 Å². The van der Waals surface area contributed by atoms with E-state index in [-0.39, 0.29) is 17.9 Å². The summed E-state index contributed by atoms with van der Waals surface area (Å²) in [5.74, 6) is 0.0242. The number of nitrogens with zero attached hydrogens (tertiary/aromatic N) is 1. The molecule has 0 aliphatic carbocycles. The molecule has 21 heavy (non-hydrogen) atoms. The lowest BCUT2D eigenvalue weighted by Crippen LogP contribution is -2.47. The molecule has 0 bridgehead atoms. The van der Waals surface area contributed by atoms with E-state index < -0.39 is 0 Å². The van der Waals surface area contributed by atoms with Gasteiger partial charge >= 0.3 is 0 Å². The predicted octanol–water partition coefficient (Wildman–Crippen LogP) is 3.04. The Bertz CT molecular complexity index is 479. The second-order valence-electron chi connectivity index (χ2n) is 5.69. The molecule has 2 rings (SSSR count). The van der Waals surface area contributed by atoms with Gasteiger partial charge in [-0.3, -0.25) is 4.79 Å². The lowest BCUT2D eigenvalue weighted by atomic mass is 9.77. The van der Waals surface area contributed by atoms with Crippen LogP contribution in [0.4, 0.5) is 0 Å². The highest BCUT2D eigenvalue weighted by molar-refractivity contribution is 7.17. The van der Waals surface area contributed by atoms with E-state index in [0.717, 1.165) is 32.2 Å². The molecule has 1 amide bonds. The molecule has 1 fully saturated rings. The molecule has 1 atom stereocenters. The highest BCUT2D eigenvalue weighted by Gasteiger charge is 2.36. The summed E-state index contributed by atoms with van der Waals surface area (Å²) in [7, 11) is 1.68. The van der Waals surface area contributed by atoms with Crippen molar-refractivity contribution in [2.45, 2.75) is 25.7 Å². The first-order chi connectivity index (χ1) is 10.1. The Kier molecular flexibility index (Phi) is 6.05. The number of aliphatic hydroxyl groups excluding tert-OH is 1. The van der Waals surface area contributed by atoms with Crippen molar-refractivity contribution in [1.82, 2.24) is 4.90 Å². The van der Waals surface area contributed by atoms with Gasteiger partial charge in [0.2, 0.25) is 0 Å². The second kappa shape index (κ2) is 7.58. The van der Waals surface area contributed by atoms with E-state index in [1.54, 1.807) is 19.2 Å². The zero-order valence-corrected chi connectivity index (χ0v) is 13.9. The SMILES string of the molecule is COCCC[C@]1(CO)CCCN(C(=O)c2ccc(Cl)s2)C1. The largest absolute Gasteiger partial charge is 0.396 e. The van der Waals surface area contributed by atoms with Crippen LogP contribution in [0.5, 0.6) is 0 Å². The third-order valence-corrected chi connectivity index (χ3v) is 5.34. The molecule has 1 aromatic heterocycles. The molecular formula is C15H22ClNO3S. The smallest absolute Gasteiger partial charge is 0.263 e. The number of hydrogen-bond donors (Lipinski definition) is 1. The van der Waals surface area contributed by atoms with Crippen LogP contribution >= 0.6 is 22.9 Å². The Morgan fingerprint density at radius 3 is 3.00 bits per heavy atom. The van der Waals surface area contributed by atoms with Crippen molar-refractivity contribution in [3.63, 3.8) is 0 Å².